The average molecular weight is 415 g/mol. The lowest BCUT2D eigenvalue weighted by Crippen LogP contribution is -2.05. The van der Waals surface area contributed by atoms with Gasteiger partial charge < -0.3 is 9.47 Å². The van der Waals surface area contributed by atoms with Gasteiger partial charge in [0.25, 0.3) is 0 Å². The molecule has 3 rings (SSSR count). The second-order valence-corrected chi connectivity index (χ2v) is 9.32. The minimum absolute atomic E-state index is 0.723. The van der Waals surface area contributed by atoms with Crippen LogP contribution in [0.2, 0.25) is 0 Å². The molecule has 0 atom stereocenters. The standard InChI is InChI=1S/C24H30O2S2/c1-4-18-11-12-21-22(17-18)24(26-14-16-28-6-3)20-10-8-7-9-19(20)23(21)25-13-15-27-5-2/h7-12,17H,4-6,13-16H2,1-3H3. The molecule has 3 aromatic rings. The number of hydrogen-bond donors (Lipinski definition) is 0. The predicted octanol–water partition coefficient (Wildman–Crippen LogP) is 6.82. The summed E-state index contributed by atoms with van der Waals surface area (Å²) in [5.74, 6) is 6.23. The lowest BCUT2D eigenvalue weighted by molar-refractivity contribution is 0.346. The molecule has 0 saturated heterocycles. The van der Waals surface area contributed by atoms with Crippen LogP contribution in [0.15, 0.2) is 42.5 Å². The molecule has 150 valence electrons. The summed E-state index contributed by atoms with van der Waals surface area (Å²) in [5, 5.41) is 4.59. The van der Waals surface area contributed by atoms with E-state index in [0.717, 1.165) is 75.7 Å². The number of rotatable bonds is 11. The molecular weight excluding hydrogens is 384 g/mol. The quantitative estimate of drug-likeness (QED) is 0.253. The molecule has 0 aliphatic heterocycles. The van der Waals surface area contributed by atoms with Gasteiger partial charge >= 0.3 is 0 Å². The zero-order valence-electron chi connectivity index (χ0n) is 17.1. The summed E-state index contributed by atoms with van der Waals surface area (Å²) < 4.78 is 12.7. The van der Waals surface area contributed by atoms with Crippen molar-refractivity contribution in [2.24, 2.45) is 0 Å². The van der Waals surface area contributed by atoms with Crippen LogP contribution < -0.4 is 9.47 Å². The molecule has 4 heteroatoms. The normalized spacial score (nSPS) is 11.2. The van der Waals surface area contributed by atoms with Gasteiger partial charge in [0.1, 0.15) is 11.5 Å². The number of fused-ring (bicyclic) bond motifs is 2. The van der Waals surface area contributed by atoms with Crippen molar-refractivity contribution in [1.29, 1.82) is 0 Å². The van der Waals surface area contributed by atoms with Crippen LogP contribution in [0.1, 0.15) is 26.3 Å². The van der Waals surface area contributed by atoms with Gasteiger partial charge in [-0.1, -0.05) is 57.2 Å². The molecule has 0 spiro atoms. The molecule has 0 unspecified atom stereocenters. The maximum absolute atomic E-state index is 6.35. The Morgan fingerprint density at radius 1 is 0.679 bits per heavy atom. The van der Waals surface area contributed by atoms with Crippen LogP contribution in [0, 0.1) is 0 Å². The third-order valence-electron chi connectivity index (χ3n) is 4.75. The molecule has 2 nitrogen and oxygen atoms in total. The number of ether oxygens (including phenoxy) is 2. The fourth-order valence-electron chi connectivity index (χ4n) is 3.37. The second-order valence-electron chi connectivity index (χ2n) is 6.53. The Morgan fingerprint density at radius 3 is 1.75 bits per heavy atom. The van der Waals surface area contributed by atoms with Gasteiger partial charge in [0.05, 0.1) is 13.2 Å². The van der Waals surface area contributed by atoms with Crippen LogP contribution >= 0.6 is 23.5 Å². The first-order valence-electron chi connectivity index (χ1n) is 10.2. The van der Waals surface area contributed by atoms with Gasteiger partial charge in [-0.3, -0.25) is 0 Å². The highest BCUT2D eigenvalue weighted by molar-refractivity contribution is 7.99. The minimum atomic E-state index is 0.723. The van der Waals surface area contributed by atoms with Crippen molar-refractivity contribution in [2.45, 2.75) is 27.2 Å². The van der Waals surface area contributed by atoms with E-state index in [4.69, 9.17) is 9.47 Å². The van der Waals surface area contributed by atoms with Crippen LogP contribution in [0.25, 0.3) is 21.5 Å². The summed E-state index contributed by atoms with van der Waals surface area (Å²) in [4.78, 5) is 0. The van der Waals surface area contributed by atoms with Gasteiger partial charge in [0, 0.05) is 33.1 Å². The Labute approximate surface area is 177 Å². The molecule has 0 aliphatic carbocycles. The molecule has 28 heavy (non-hydrogen) atoms. The monoisotopic (exact) mass is 414 g/mol. The average Bonchev–Trinajstić information content (AvgIpc) is 2.74. The first-order chi connectivity index (χ1) is 13.8. The summed E-state index contributed by atoms with van der Waals surface area (Å²) in [7, 11) is 0. The zero-order valence-corrected chi connectivity index (χ0v) is 18.8. The second kappa shape index (κ2) is 10.9. The van der Waals surface area contributed by atoms with Crippen LogP contribution in [0.5, 0.6) is 11.5 Å². The van der Waals surface area contributed by atoms with Crippen LogP contribution in [0.3, 0.4) is 0 Å². The van der Waals surface area contributed by atoms with Crippen molar-refractivity contribution in [3.8, 4) is 11.5 Å². The summed E-state index contributed by atoms with van der Waals surface area (Å²) in [6.07, 6.45) is 1.01. The highest BCUT2D eigenvalue weighted by Crippen LogP contribution is 2.43. The van der Waals surface area contributed by atoms with Gasteiger partial charge in [0.15, 0.2) is 0 Å². The Bertz CT molecular complexity index is 908. The number of hydrogen-bond acceptors (Lipinski definition) is 4. The van der Waals surface area contributed by atoms with Crippen molar-refractivity contribution in [2.75, 3.05) is 36.2 Å². The predicted molar refractivity (Wildman–Crippen MR) is 128 cm³/mol. The van der Waals surface area contributed by atoms with Gasteiger partial charge in [0.2, 0.25) is 0 Å². The van der Waals surface area contributed by atoms with E-state index in [0.29, 0.717) is 0 Å². The van der Waals surface area contributed by atoms with E-state index in [1.807, 2.05) is 23.5 Å². The maximum Gasteiger partial charge on any atom is 0.135 e. The molecule has 0 saturated carbocycles. The SMILES string of the molecule is CCSCCOc1c2ccccc2c(OCCSCC)c2cc(CC)ccc12. The zero-order chi connectivity index (χ0) is 19.8. The first-order valence-corrected chi connectivity index (χ1v) is 12.5. The highest BCUT2D eigenvalue weighted by atomic mass is 32.2. The fraction of sp³-hybridized carbons (Fsp3) is 0.417. The molecule has 0 amide bonds. The third-order valence-corrected chi connectivity index (χ3v) is 6.48. The maximum atomic E-state index is 6.35. The molecule has 0 bridgehead atoms. The fourth-order valence-corrected chi connectivity index (χ4v) is 4.35. The van der Waals surface area contributed by atoms with Gasteiger partial charge in [-0.05, 0) is 29.6 Å². The van der Waals surface area contributed by atoms with E-state index in [-0.39, 0.29) is 0 Å². The molecule has 0 aliphatic rings. The van der Waals surface area contributed by atoms with Crippen molar-refractivity contribution in [3.05, 3.63) is 48.0 Å². The van der Waals surface area contributed by atoms with Crippen molar-refractivity contribution >= 4 is 45.1 Å². The van der Waals surface area contributed by atoms with Crippen LogP contribution in [-0.2, 0) is 6.42 Å². The summed E-state index contributed by atoms with van der Waals surface area (Å²) in [6.45, 7) is 8.01. The van der Waals surface area contributed by atoms with E-state index in [1.54, 1.807) is 0 Å². The molecule has 3 aromatic carbocycles. The van der Waals surface area contributed by atoms with E-state index < -0.39 is 0 Å². The smallest absolute Gasteiger partial charge is 0.135 e. The van der Waals surface area contributed by atoms with E-state index in [1.165, 1.54) is 5.56 Å². The van der Waals surface area contributed by atoms with E-state index in [9.17, 15) is 0 Å². The molecular formula is C24H30O2S2. The van der Waals surface area contributed by atoms with Crippen LogP contribution in [0.4, 0.5) is 0 Å². The molecule has 0 aromatic heterocycles. The molecule has 0 radical (unpaired) electrons. The Hall–Kier alpha value is -1.52. The van der Waals surface area contributed by atoms with Crippen molar-refractivity contribution in [3.63, 3.8) is 0 Å². The molecule has 0 fully saturated rings. The van der Waals surface area contributed by atoms with Gasteiger partial charge in [-0.25, -0.2) is 0 Å². The number of thioether (sulfide) groups is 2. The van der Waals surface area contributed by atoms with E-state index in [2.05, 4.69) is 63.2 Å². The highest BCUT2D eigenvalue weighted by Gasteiger charge is 2.16. The number of benzene rings is 3. The summed E-state index contributed by atoms with van der Waals surface area (Å²) >= 11 is 3.82. The summed E-state index contributed by atoms with van der Waals surface area (Å²) in [5.41, 5.74) is 1.32. The third kappa shape index (κ3) is 4.90. The van der Waals surface area contributed by atoms with Crippen molar-refractivity contribution in [1.82, 2.24) is 0 Å². The lowest BCUT2D eigenvalue weighted by atomic mass is 9.98. The Balaban J connectivity index is 2.10. The topological polar surface area (TPSA) is 18.5 Å². The summed E-state index contributed by atoms with van der Waals surface area (Å²) in [6, 6.07) is 15.2. The molecule has 0 heterocycles. The van der Waals surface area contributed by atoms with Crippen LogP contribution in [-0.4, -0.2) is 36.2 Å². The van der Waals surface area contributed by atoms with Gasteiger partial charge in [-0.15, -0.1) is 0 Å². The van der Waals surface area contributed by atoms with Crippen molar-refractivity contribution < 1.29 is 9.47 Å². The Kier molecular flexibility index (Phi) is 8.23. The Morgan fingerprint density at radius 2 is 1.21 bits per heavy atom. The largest absolute Gasteiger partial charge is 0.491 e. The van der Waals surface area contributed by atoms with E-state index >= 15 is 0 Å². The minimum Gasteiger partial charge on any atom is -0.491 e. The first kappa shape index (κ1) is 21.2. The molecule has 0 N–H and O–H groups in total. The number of aryl methyl sites for hydroxylation is 1. The lowest BCUT2D eigenvalue weighted by Gasteiger charge is -2.18. The van der Waals surface area contributed by atoms with Gasteiger partial charge in [-0.2, -0.15) is 23.5 Å².